The van der Waals surface area contributed by atoms with Gasteiger partial charge in [-0.15, -0.1) is 0 Å². The highest BCUT2D eigenvalue weighted by Crippen LogP contribution is 2.27. The maximum absolute atomic E-state index is 13.7. The van der Waals surface area contributed by atoms with E-state index in [0.717, 1.165) is 71.2 Å². The molecule has 4 aromatic carbocycles. The van der Waals surface area contributed by atoms with E-state index in [0.29, 0.717) is 0 Å². The number of methoxy groups -OCH3 is 4. The van der Waals surface area contributed by atoms with Gasteiger partial charge < -0.3 is 23.8 Å². The Morgan fingerprint density at radius 3 is 1.30 bits per heavy atom. The molecule has 17 heteroatoms. The number of nitrogens with one attached hydrogen (secondary N) is 1. The smallest absolute Gasteiger partial charge is 0.262 e. The van der Waals surface area contributed by atoms with Crippen molar-refractivity contribution in [3.05, 3.63) is 144 Å². The second-order valence-electron chi connectivity index (χ2n) is 14.5. The predicted octanol–water partition coefficient (Wildman–Crippen LogP) is 6.38. The minimum Gasteiger partial charge on any atom is -0.497 e. The van der Waals surface area contributed by atoms with Gasteiger partial charge in [0.25, 0.3) is 20.0 Å². The lowest BCUT2D eigenvalue weighted by molar-refractivity contribution is 0.211. The maximum atomic E-state index is 13.7. The lowest BCUT2D eigenvalue weighted by Crippen LogP contribution is -2.32. The standard InChI is InChI=1S/C25H32N4O4S.C19H21N3O4S/c1-27-15-12-22(13-16-27)29-17-14-25(26-29)34(30,31)28(18-20-4-8-23(32-2)9-5-20)19-21-6-10-24(33-3)11-7-21;1-25-17-7-3-15(4-8-17)13-22(27(23,24)19-11-12-20-21-19)14-16-5-9-18(26-2)10-6-16/h4-11,14,17,22H,12-13,15-16,18-19H2,1-3H3;3-12H,13-14H2,1-2H3,(H,20,21). The van der Waals surface area contributed by atoms with Crippen molar-refractivity contribution < 1.29 is 35.8 Å². The van der Waals surface area contributed by atoms with Crippen molar-refractivity contribution in [1.29, 1.82) is 0 Å². The summed E-state index contributed by atoms with van der Waals surface area (Å²) >= 11 is 0. The number of piperidine rings is 1. The van der Waals surface area contributed by atoms with Crippen LogP contribution in [0.5, 0.6) is 23.0 Å². The van der Waals surface area contributed by atoms with Gasteiger partial charge in [-0.2, -0.15) is 18.8 Å². The molecule has 3 heterocycles. The van der Waals surface area contributed by atoms with Crippen LogP contribution in [0.3, 0.4) is 0 Å². The summed E-state index contributed by atoms with van der Waals surface area (Å²) in [6, 6.07) is 32.8. The van der Waals surface area contributed by atoms with Crippen LogP contribution in [0, 0.1) is 0 Å². The van der Waals surface area contributed by atoms with Crippen LogP contribution in [0.2, 0.25) is 0 Å². The normalized spacial score (nSPS) is 13.8. The van der Waals surface area contributed by atoms with Gasteiger partial charge in [-0.25, -0.2) is 16.8 Å². The first-order valence-corrected chi connectivity index (χ1v) is 22.5. The summed E-state index contributed by atoms with van der Waals surface area (Å²) in [6.07, 6.45) is 5.13. The van der Waals surface area contributed by atoms with Gasteiger partial charge >= 0.3 is 0 Å². The average Bonchev–Trinajstić information content (AvgIpc) is 4.03. The number of benzene rings is 4. The number of hydrogen-bond donors (Lipinski definition) is 1. The summed E-state index contributed by atoms with van der Waals surface area (Å²) in [5.41, 5.74) is 3.44. The second kappa shape index (κ2) is 20.7. The summed E-state index contributed by atoms with van der Waals surface area (Å²) in [5, 5.41) is 11.0. The molecule has 1 aliphatic rings. The molecule has 0 unspecified atom stereocenters. The van der Waals surface area contributed by atoms with Crippen LogP contribution in [-0.4, -0.2) is 98.9 Å². The van der Waals surface area contributed by atoms with Gasteiger partial charge in [0, 0.05) is 32.4 Å². The van der Waals surface area contributed by atoms with Crippen molar-refractivity contribution in [2.75, 3.05) is 48.6 Å². The molecule has 0 saturated carbocycles. The van der Waals surface area contributed by atoms with E-state index in [1.54, 1.807) is 40.7 Å². The topological polar surface area (TPSA) is 161 Å². The van der Waals surface area contributed by atoms with Gasteiger partial charge in [0.05, 0.1) is 40.7 Å². The van der Waals surface area contributed by atoms with Gasteiger partial charge in [0.15, 0.2) is 10.1 Å². The number of rotatable bonds is 17. The Bertz CT molecular complexity index is 2370. The molecule has 6 aromatic rings. The van der Waals surface area contributed by atoms with E-state index in [1.807, 2.05) is 102 Å². The molecule has 0 aliphatic carbocycles. The van der Waals surface area contributed by atoms with E-state index in [4.69, 9.17) is 18.9 Å². The van der Waals surface area contributed by atoms with Gasteiger partial charge in [0.2, 0.25) is 0 Å². The Kier molecular flexibility index (Phi) is 15.2. The molecule has 0 atom stereocenters. The summed E-state index contributed by atoms with van der Waals surface area (Å²) < 4.78 is 79.1. The minimum absolute atomic E-state index is 0.0597. The monoisotopic (exact) mass is 871 g/mol. The highest BCUT2D eigenvalue weighted by molar-refractivity contribution is 7.89. The SMILES string of the molecule is COc1ccc(CN(Cc2ccc(OC)cc2)S(=O)(=O)c2ccn(C3CCN(C)CC3)n2)cc1.COc1ccc(CN(Cc2ccc(OC)cc2)S(=O)(=O)c2ccn[nH]2)cc1. The van der Waals surface area contributed by atoms with Crippen molar-refractivity contribution >= 4 is 20.0 Å². The van der Waals surface area contributed by atoms with Crippen molar-refractivity contribution in [1.82, 2.24) is 33.5 Å². The zero-order chi connectivity index (χ0) is 43.4. The molecule has 7 rings (SSSR count). The Morgan fingerprint density at radius 1 is 0.574 bits per heavy atom. The Balaban J connectivity index is 0.000000210. The molecule has 0 amide bonds. The van der Waals surface area contributed by atoms with Gasteiger partial charge in [0.1, 0.15) is 23.0 Å². The fourth-order valence-corrected chi connectivity index (χ4v) is 9.42. The van der Waals surface area contributed by atoms with Crippen LogP contribution in [0.15, 0.2) is 132 Å². The number of sulfonamides is 2. The largest absolute Gasteiger partial charge is 0.497 e. The van der Waals surface area contributed by atoms with E-state index >= 15 is 0 Å². The van der Waals surface area contributed by atoms with Gasteiger partial charge in [-0.3, -0.25) is 9.78 Å². The fourth-order valence-electron chi connectivity index (χ4n) is 6.77. The number of H-pyrrole nitrogens is 1. The summed E-state index contributed by atoms with van der Waals surface area (Å²) in [5.74, 6) is 2.89. The zero-order valence-corrected chi connectivity index (χ0v) is 36.7. The van der Waals surface area contributed by atoms with Crippen LogP contribution in [0.25, 0.3) is 0 Å². The second-order valence-corrected chi connectivity index (χ2v) is 18.3. The predicted molar refractivity (Wildman–Crippen MR) is 231 cm³/mol. The fraction of sp³-hybridized carbons (Fsp3) is 0.318. The molecule has 324 valence electrons. The first kappa shape index (κ1) is 44.8. The summed E-state index contributed by atoms with van der Waals surface area (Å²) in [6.45, 7) is 2.84. The molecule has 0 radical (unpaired) electrons. The summed E-state index contributed by atoms with van der Waals surface area (Å²) in [4.78, 5) is 2.28. The molecule has 0 bridgehead atoms. The van der Waals surface area contributed by atoms with E-state index in [-0.39, 0.29) is 42.3 Å². The Labute approximate surface area is 358 Å². The first-order valence-electron chi connectivity index (χ1n) is 19.7. The summed E-state index contributed by atoms with van der Waals surface area (Å²) in [7, 11) is 0.937. The Morgan fingerprint density at radius 2 is 0.951 bits per heavy atom. The number of aromatic nitrogens is 4. The molecule has 0 spiro atoms. The lowest BCUT2D eigenvalue weighted by Gasteiger charge is -2.29. The van der Waals surface area contributed by atoms with Crippen molar-refractivity contribution in [3.63, 3.8) is 0 Å². The number of hydrogen-bond acceptors (Lipinski definition) is 11. The highest BCUT2D eigenvalue weighted by Gasteiger charge is 2.30. The molecular weight excluding hydrogens is 819 g/mol. The zero-order valence-electron chi connectivity index (χ0n) is 35.0. The van der Waals surface area contributed by atoms with Crippen molar-refractivity contribution in [2.45, 2.75) is 55.1 Å². The third-order valence-corrected chi connectivity index (χ3v) is 13.8. The lowest BCUT2D eigenvalue weighted by atomic mass is 10.1. The van der Waals surface area contributed by atoms with Crippen molar-refractivity contribution in [2.24, 2.45) is 0 Å². The van der Waals surface area contributed by atoms with Crippen LogP contribution in [0.4, 0.5) is 0 Å². The highest BCUT2D eigenvalue weighted by atomic mass is 32.2. The van der Waals surface area contributed by atoms with Crippen LogP contribution in [0.1, 0.15) is 41.1 Å². The van der Waals surface area contributed by atoms with Gasteiger partial charge in [-0.05, 0) is 116 Å². The third-order valence-electron chi connectivity index (χ3n) is 10.4. The van der Waals surface area contributed by atoms with E-state index in [1.165, 1.54) is 20.9 Å². The van der Waals surface area contributed by atoms with Crippen molar-refractivity contribution in [3.8, 4) is 23.0 Å². The van der Waals surface area contributed by atoms with Gasteiger partial charge in [-0.1, -0.05) is 48.5 Å². The number of ether oxygens (including phenoxy) is 4. The maximum Gasteiger partial charge on any atom is 0.262 e. The van der Waals surface area contributed by atoms with E-state index in [9.17, 15) is 16.8 Å². The van der Waals surface area contributed by atoms with Crippen LogP contribution < -0.4 is 18.9 Å². The third kappa shape index (κ3) is 11.8. The minimum atomic E-state index is -3.83. The number of likely N-dealkylation sites (tertiary alicyclic amines) is 1. The molecule has 1 saturated heterocycles. The number of nitrogens with zero attached hydrogens (tertiary/aromatic N) is 6. The molecule has 1 fully saturated rings. The van der Waals surface area contributed by atoms with Crippen LogP contribution >= 0.6 is 0 Å². The molecule has 15 nitrogen and oxygen atoms in total. The quantitative estimate of drug-likeness (QED) is 0.108. The molecule has 1 N–H and O–H groups in total. The average molecular weight is 872 g/mol. The molecule has 2 aromatic heterocycles. The Hall–Kier alpha value is -5.72. The van der Waals surface area contributed by atoms with E-state index in [2.05, 4.69) is 27.2 Å². The molecule has 61 heavy (non-hydrogen) atoms. The molecule has 1 aliphatic heterocycles. The van der Waals surface area contributed by atoms with E-state index < -0.39 is 20.0 Å². The molecular formula is C44H53N7O8S2. The van der Waals surface area contributed by atoms with Crippen LogP contribution in [-0.2, 0) is 46.2 Å². The first-order chi connectivity index (χ1) is 29.4. The number of aromatic amines is 1.